The van der Waals surface area contributed by atoms with Gasteiger partial charge in [0.05, 0.1) is 11.4 Å². The van der Waals surface area contributed by atoms with E-state index in [1.54, 1.807) is 35.6 Å². The number of nitrogens with zero attached hydrogens (tertiary/aromatic N) is 2. The van der Waals surface area contributed by atoms with Gasteiger partial charge in [-0.05, 0) is 36.2 Å². The summed E-state index contributed by atoms with van der Waals surface area (Å²) in [6.45, 7) is 2.14. The van der Waals surface area contributed by atoms with Gasteiger partial charge < -0.3 is 0 Å². The number of thiazole rings is 1. The Labute approximate surface area is 186 Å². The van der Waals surface area contributed by atoms with Gasteiger partial charge in [0.25, 0.3) is 0 Å². The smallest absolute Gasteiger partial charge is 0.236 e. The van der Waals surface area contributed by atoms with E-state index in [0.29, 0.717) is 5.69 Å². The lowest BCUT2D eigenvalue weighted by Gasteiger charge is -2.08. The quantitative estimate of drug-likeness (QED) is 0.371. The Hall–Kier alpha value is -3.03. The Kier molecular flexibility index (Phi) is 6.44. The second-order valence-corrected chi connectivity index (χ2v) is 9.83. The minimum Gasteiger partial charge on any atom is -0.283 e. The Bertz CT molecular complexity index is 1250. The molecule has 2 heterocycles. The van der Waals surface area contributed by atoms with E-state index in [-0.39, 0.29) is 5.75 Å². The Morgan fingerprint density at radius 1 is 0.968 bits per heavy atom. The zero-order valence-corrected chi connectivity index (χ0v) is 18.8. The summed E-state index contributed by atoms with van der Waals surface area (Å²) in [4.78, 5) is 9.17. The molecule has 0 aliphatic rings. The summed E-state index contributed by atoms with van der Waals surface area (Å²) >= 11 is 1.59. The molecule has 7 heteroatoms. The first kappa shape index (κ1) is 21.2. The molecule has 5 nitrogen and oxygen atoms in total. The van der Waals surface area contributed by atoms with Gasteiger partial charge in [0.1, 0.15) is 5.01 Å². The maximum absolute atomic E-state index is 12.4. The predicted molar refractivity (Wildman–Crippen MR) is 127 cm³/mol. The second kappa shape index (κ2) is 9.41. The van der Waals surface area contributed by atoms with Crippen molar-refractivity contribution in [1.82, 2.24) is 9.97 Å². The molecule has 4 aromatic rings. The van der Waals surface area contributed by atoms with Crippen molar-refractivity contribution in [2.45, 2.75) is 25.5 Å². The lowest BCUT2D eigenvalue weighted by atomic mass is 10.1. The standard InChI is InChI=1S/C24H23N3O2S2/c1-2-6-22-15-20(13-14-25-22)24-26-23(16-30-24)19-9-11-21(12-10-19)27-31(28,29)17-18-7-4-3-5-8-18/h3-5,7-16,27H,2,6,17H2,1H3. The van der Waals surface area contributed by atoms with Gasteiger partial charge in [-0.2, -0.15) is 0 Å². The first-order valence-electron chi connectivity index (χ1n) is 10.1. The largest absolute Gasteiger partial charge is 0.283 e. The van der Waals surface area contributed by atoms with E-state index >= 15 is 0 Å². The van der Waals surface area contributed by atoms with Gasteiger partial charge in [-0.15, -0.1) is 11.3 Å². The summed E-state index contributed by atoms with van der Waals surface area (Å²) in [7, 11) is -3.48. The summed E-state index contributed by atoms with van der Waals surface area (Å²) in [6, 6.07) is 20.5. The molecule has 31 heavy (non-hydrogen) atoms. The van der Waals surface area contributed by atoms with Crippen LogP contribution in [0.2, 0.25) is 0 Å². The van der Waals surface area contributed by atoms with Crippen LogP contribution in [0.15, 0.2) is 78.3 Å². The van der Waals surface area contributed by atoms with E-state index in [1.807, 2.05) is 48.0 Å². The normalized spacial score (nSPS) is 11.4. The average molecular weight is 450 g/mol. The molecule has 0 atom stereocenters. The highest BCUT2D eigenvalue weighted by Gasteiger charge is 2.12. The van der Waals surface area contributed by atoms with Crippen LogP contribution in [-0.4, -0.2) is 18.4 Å². The molecule has 2 aromatic carbocycles. The molecule has 0 bridgehead atoms. The Morgan fingerprint density at radius 3 is 2.48 bits per heavy atom. The molecule has 0 fully saturated rings. The van der Waals surface area contributed by atoms with Crippen LogP contribution in [0.25, 0.3) is 21.8 Å². The minimum atomic E-state index is -3.48. The molecule has 2 aromatic heterocycles. The SMILES string of the molecule is CCCc1cc(-c2nc(-c3ccc(NS(=O)(=O)Cc4ccccc4)cc3)cs2)ccn1. The van der Waals surface area contributed by atoms with Crippen molar-refractivity contribution in [3.8, 4) is 21.8 Å². The fourth-order valence-corrected chi connectivity index (χ4v) is 5.29. The highest BCUT2D eigenvalue weighted by Crippen LogP contribution is 2.30. The fourth-order valence-electron chi connectivity index (χ4n) is 3.26. The number of hydrogen-bond donors (Lipinski definition) is 1. The van der Waals surface area contributed by atoms with E-state index in [1.165, 1.54) is 0 Å². The lowest BCUT2D eigenvalue weighted by Crippen LogP contribution is -2.14. The number of aryl methyl sites for hydroxylation is 1. The molecule has 0 radical (unpaired) electrons. The van der Waals surface area contributed by atoms with E-state index in [4.69, 9.17) is 4.98 Å². The highest BCUT2D eigenvalue weighted by molar-refractivity contribution is 7.91. The number of sulfonamides is 1. The van der Waals surface area contributed by atoms with Crippen molar-refractivity contribution in [1.29, 1.82) is 0 Å². The zero-order valence-electron chi connectivity index (χ0n) is 17.2. The van der Waals surface area contributed by atoms with Crippen LogP contribution in [0.1, 0.15) is 24.6 Å². The third-order valence-electron chi connectivity index (χ3n) is 4.73. The molecule has 0 unspecified atom stereocenters. The van der Waals surface area contributed by atoms with Gasteiger partial charge in [0.15, 0.2) is 0 Å². The minimum absolute atomic E-state index is 0.0585. The van der Waals surface area contributed by atoms with E-state index in [9.17, 15) is 8.42 Å². The van der Waals surface area contributed by atoms with E-state index in [2.05, 4.69) is 22.7 Å². The zero-order chi connectivity index (χ0) is 21.7. The topological polar surface area (TPSA) is 72.0 Å². The fraction of sp³-hybridized carbons (Fsp3) is 0.167. The van der Waals surface area contributed by atoms with Gasteiger partial charge in [-0.25, -0.2) is 13.4 Å². The molecule has 0 aliphatic heterocycles. The third kappa shape index (κ3) is 5.57. The van der Waals surface area contributed by atoms with Crippen molar-refractivity contribution in [2.24, 2.45) is 0 Å². The van der Waals surface area contributed by atoms with Crippen molar-refractivity contribution >= 4 is 27.0 Å². The molecule has 0 aliphatic carbocycles. The van der Waals surface area contributed by atoms with Crippen LogP contribution in [0.5, 0.6) is 0 Å². The first-order chi connectivity index (χ1) is 15.0. The second-order valence-electron chi connectivity index (χ2n) is 7.25. The summed E-state index contributed by atoms with van der Waals surface area (Å²) < 4.78 is 27.5. The molecule has 4 rings (SSSR count). The summed E-state index contributed by atoms with van der Waals surface area (Å²) in [6.07, 6.45) is 3.84. The molecule has 0 saturated heterocycles. The van der Waals surface area contributed by atoms with Crippen molar-refractivity contribution in [2.75, 3.05) is 4.72 Å². The molecular weight excluding hydrogens is 426 g/mol. The summed E-state index contributed by atoms with van der Waals surface area (Å²) in [5, 5.41) is 2.96. The van der Waals surface area contributed by atoms with Gasteiger partial charge in [0.2, 0.25) is 10.0 Å². The van der Waals surface area contributed by atoms with Crippen LogP contribution in [0.4, 0.5) is 5.69 Å². The Morgan fingerprint density at radius 2 is 1.74 bits per heavy atom. The number of anilines is 1. The molecule has 158 valence electrons. The van der Waals surface area contributed by atoms with Crippen LogP contribution >= 0.6 is 11.3 Å². The van der Waals surface area contributed by atoms with Crippen LogP contribution in [-0.2, 0) is 22.2 Å². The van der Waals surface area contributed by atoms with Gasteiger partial charge in [-0.3, -0.25) is 9.71 Å². The summed E-state index contributed by atoms with van der Waals surface area (Å²) in [5.41, 5.74) is 5.24. The number of aromatic nitrogens is 2. The number of hydrogen-bond acceptors (Lipinski definition) is 5. The third-order valence-corrected chi connectivity index (χ3v) is 6.88. The van der Waals surface area contributed by atoms with Gasteiger partial charge >= 0.3 is 0 Å². The number of pyridine rings is 1. The van der Waals surface area contributed by atoms with Crippen molar-refractivity contribution in [3.63, 3.8) is 0 Å². The van der Waals surface area contributed by atoms with Gasteiger partial charge in [-0.1, -0.05) is 55.8 Å². The first-order valence-corrected chi connectivity index (χ1v) is 12.6. The molecule has 0 spiro atoms. The van der Waals surface area contributed by atoms with Gasteiger partial charge in [0, 0.05) is 34.1 Å². The number of rotatable bonds is 8. The number of benzene rings is 2. The average Bonchev–Trinajstić information content (AvgIpc) is 3.25. The number of nitrogens with one attached hydrogen (secondary N) is 1. The van der Waals surface area contributed by atoms with Crippen LogP contribution in [0, 0.1) is 0 Å². The van der Waals surface area contributed by atoms with E-state index in [0.717, 1.165) is 45.9 Å². The molecule has 0 saturated carbocycles. The monoisotopic (exact) mass is 449 g/mol. The van der Waals surface area contributed by atoms with Crippen LogP contribution < -0.4 is 4.72 Å². The Balaban J connectivity index is 1.47. The van der Waals surface area contributed by atoms with Crippen molar-refractivity contribution < 1.29 is 8.42 Å². The lowest BCUT2D eigenvalue weighted by molar-refractivity contribution is 0.600. The van der Waals surface area contributed by atoms with Crippen molar-refractivity contribution in [3.05, 3.63) is 89.6 Å². The molecule has 0 amide bonds. The molecular formula is C24H23N3O2S2. The van der Waals surface area contributed by atoms with E-state index < -0.39 is 10.0 Å². The summed E-state index contributed by atoms with van der Waals surface area (Å²) in [5.74, 6) is -0.0585. The predicted octanol–water partition coefficient (Wildman–Crippen LogP) is 5.77. The maximum Gasteiger partial charge on any atom is 0.236 e. The molecule has 1 N–H and O–H groups in total. The highest BCUT2D eigenvalue weighted by atomic mass is 32.2. The maximum atomic E-state index is 12.4. The van der Waals surface area contributed by atoms with Crippen LogP contribution in [0.3, 0.4) is 0 Å².